The predicted octanol–water partition coefficient (Wildman–Crippen LogP) is 10.3. The van der Waals surface area contributed by atoms with E-state index in [2.05, 4.69) is 152 Å². The minimum atomic E-state index is 0.159. The van der Waals surface area contributed by atoms with Gasteiger partial charge in [-0.2, -0.15) is 0 Å². The van der Waals surface area contributed by atoms with Crippen LogP contribution in [0.25, 0.3) is 0 Å². The van der Waals surface area contributed by atoms with Crippen LogP contribution in [0.3, 0.4) is 0 Å². The minimum absolute atomic E-state index is 0.159. The Morgan fingerprint density at radius 2 is 1.02 bits per heavy atom. The van der Waals surface area contributed by atoms with E-state index in [0.29, 0.717) is 22.8 Å². The Morgan fingerprint density at radius 1 is 0.566 bits per heavy atom. The van der Waals surface area contributed by atoms with Crippen molar-refractivity contribution in [2.75, 3.05) is 58.9 Å². The van der Waals surface area contributed by atoms with E-state index in [1.54, 1.807) is 0 Å². The van der Waals surface area contributed by atoms with Crippen molar-refractivity contribution in [1.82, 2.24) is 20.0 Å². The second kappa shape index (κ2) is 20.6. The van der Waals surface area contributed by atoms with Gasteiger partial charge in [0.05, 0.1) is 6.54 Å². The zero-order valence-electron chi connectivity index (χ0n) is 36.7. The van der Waals surface area contributed by atoms with Crippen molar-refractivity contribution in [2.45, 2.75) is 141 Å². The van der Waals surface area contributed by atoms with Crippen molar-refractivity contribution < 1.29 is 4.79 Å². The van der Waals surface area contributed by atoms with E-state index in [4.69, 9.17) is 0 Å². The third-order valence-electron chi connectivity index (χ3n) is 10.6. The molecule has 2 fully saturated rings. The van der Waals surface area contributed by atoms with Crippen molar-refractivity contribution in [3.8, 4) is 0 Å². The predicted molar refractivity (Wildman–Crippen MR) is 230 cm³/mol. The lowest BCUT2D eigenvalue weighted by molar-refractivity contribution is -0.122. The van der Waals surface area contributed by atoms with Gasteiger partial charge in [-0.3, -0.25) is 14.6 Å². The fraction of sp³-hybridized carbons (Fsp3) is 0.729. The molecular weight excluding hydrogens is 649 g/mol. The van der Waals surface area contributed by atoms with Crippen LogP contribution in [-0.4, -0.2) is 79.5 Å². The molecule has 0 unspecified atom stereocenters. The first-order valence-corrected chi connectivity index (χ1v) is 21.2. The Morgan fingerprint density at radius 3 is 1.49 bits per heavy atom. The Bertz CT molecular complexity index is 1300. The lowest BCUT2D eigenvalue weighted by atomic mass is 9.86. The summed E-state index contributed by atoms with van der Waals surface area (Å²) in [5.74, 6) is 1.04. The molecule has 5 nitrogen and oxygen atoms in total. The van der Waals surface area contributed by atoms with Gasteiger partial charge in [0, 0.05) is 39.3 Å². The average molecular weight is 731 g/mol. The van der Waals surface area contributed by atoms with Gasteiger partial charge in [0.2, 0.25) is 5.91 Å². The number of benzene rings is 2. The molecule has 1 N–H and O–H groups in total. The second-order valence-corrected chi connectivity index (χ2v) is 21.5. The minimum Gasteiger partial charge on any atom is -0.355 e. The van der Waals surface area contributed by atoms with Gasteiger partial charge in [-0.25, -0.2) is 0 Å². The molecule has 0 radical (unpaired) electrons. The summed E-state index contributed by atoms with van der Waals surface area (Å²) in [4.78, 5) is 19.6. The molecule has 2 saturated heterocycles. The first-order valence-electron chi connectivity index (χ1n) is 21.2. The highest BCUT2D eigenvalue weighted by Crippen LogP contribution is 2.26. The van der Waals surface area contributed by atoms with Gasteiger partial charge in [0.25, 0.3) is 0 Å². The van der Waals surface area contributed by atoms with E-state index in [1.807, 2.05) is 0 Å². The van der Waals surface area contributed by atoms with Gasteiger partial charge in [-0.15, -0.1) is 0 Å². The first-order chi connectivity index (χ1) is 24.6. The number of carbonyl (C=O) groups is 1. The molecule has 0 aromatic heterocycles. The number of likely N-dealkylation sites (tertiary alicyclic amines) is 1. The monoisotopic (exact) mass is 731 g/mol. The summed E-state index contributed by atoms with van der Waals surface area (Å²) >= 11 is 0. The Hall–Kier alpha value is -2.21. The summed E-state index contributed by atoms with van der Waals surface area (Å²) in [6.45, 7) is 37.7. The van der Waals surface area contributed by atoms with Crippen LogP contribution in [-0.2, 0) is 30.6 Å². The summed E-state index contributed by atoms with van der Waals surface area (Å²) in [5.41, 5.74) is 7.26. The van der Waals surface area contributed by atoms with E-state index in [1.165, 1.54) is 80.4 Å². The third kappa shape index (κ3) is 20.9. The summed E-state index contributed by atoms with van der Waals surface area (Å²) in [6, 6.07) is 18.5. The van der Waals surface area contributed by atoms with E-state index >= 15 is 0 Å². The van der Waals surface area contributed by atoms with Crippen LogP contribution in [0, 0.1) is 27.6 Å². The molecular formula is C48H82N4O. The summed E-state index contributed by atoms with van der Waals surface area (Å²) in [6.07, 6.45) is 10.0. The number of amides is 1. The van der Waals surface area contributed by atoms with Crippen molar-refractivity contribution in [1.29, 1.82) is 0 Å². The normalized spacial score (nSPS) is 17.4. The Balaban J connectivity index is 0.000000287. The number of piperidine rings is 1. The van der Waals surface area contributed by atoms with Crippen molar-refractivity contribution in [2.24, 2.45) is 27.6 Å². The molecule has 5 heteroatoms. The molecule has 0 saturated carbocycles. The molecule has 0 aliphatic carbocycles. The summed E-state index contributed by atoms with van der Waals surface area (Å²) in [5, 5.41) is 3.06. The van der Waals surface area contributed by atoms with Crippen LogP contribution in [0.5, 0.6) is 0 Å². The number of rotatable bonds is 13. The molecule has 2 heterocycles. The maximum atomic E-state index is 12.1. The number of hydrogen-bond donors (Lipinski definition) is 1. The van der Waals surface area contributed by atoms with Crippen LogP contribution in [0.15, 0.2) is 48.5 Å². The summed E-state index contributed by atoms with van der Waals surface area (Å²) in [7, 11) is 0. The largest absolute Gasteiger partial charge is 0.355 e. The van der Waals surface area contributed by atoms with Gasteiger partial charge >= 0.3 is 0 Å². The maximum absolute atomic E-state index is 12.1. The zero-order valence-corrected chi connectivity index (χ0v) is 36.7. The van der Waals surface area contributed by atoms with Crippen LogP contribution in [0.2, 0.25) is 0 Å². The number of piperazine rings is 1. The van der Waals surface area contributed by atoms with Crippen molar-refractivity contribution in [3.05, 3.63) is 70.8 Å². The van der Waals surface area contributed by atoms with Gasteiger partial charge in [-0.05, 0) is 121 Å². The van der Waals surface area contributed by atoms with Crippen LogP contribution in [0.1, 0.15) is 137 Å². The molecule has 1 amide bonds. The topological polar surface area (TPSA) is 38.8 Å². The number of nitrogens with zero attached hydrogens (tertiary/aromatic N) is 3. The first kappa shape index (κ1) is 45.2. The Labute approximate surface area is 328 Å². The zero-order chi connectivity index (χ0) is 39.3. The van der Waals surface area contributed by atoms with Crippen LogP contribution in [0.4, 0.5) is 0 Å². The fourth-order valence-electron chi connectivity index (χ4n) is 7.56. The van der Waals surface area contributed by atoms with Crippen LogP contribution < -0.4 is 5.32 Å². The lowest BCUT2D eigenvalue weighted by Crippen LogP contribution is -2.49. The van der Waals surface area contributed by atoms with Gasteiger partial charge in [0.1, 0.15) is 0 Å². The highest BCUT2D eigenvalue weighted by molar-refractivity contribution is 5.78. The SMILES string of the molecule is CC(C)(C)CCCN1CCC(Cc2ccc(CC(C)(C)C)cc2)CC1.CC(C)(C)CCNC(=O)CN1CCN(Cc2ccc(CC(C)(C)C)cc2)CC1. The number of carbonyl (C=O) groups excluding carboxylic acids is 1. The highest BCUT2D eigenvalue weighted by Gasteiger charge is 2.22. The van der Waals surface area contributed by atoms with Gasteiger partial charge < -0.3 is 10.2 Å². The third-order valence-corrected chi connectivity index (χ3v) is 10.6. The molecule has 2 aliphatic heterocycles. The molecule has 2 aromatic rings. The molecule has 0 spiro atoms. The van der Waals surface area contributed by atoms with E-state index < -0.39 is 0 Å². The molecule has 0 bridgehead atoms. The fourth-order valence-corrected chi connectivity index (χ4v) is 7.56. The van der Waals surface area contributed by atoms with Crippen LogP contribution >= 0.6 is 0 Å². The van der Waals surface area contributed by atoms with E-state index in [-0.39, 0.29) is 11.3 Å². The molecule has 53 heavy (non-hydrogen) atoms. The average Bonchev–Trinajstić information content (AvgIpc) is 3.02. The molecule has 0 atom stereocenters. The molecule has 2 aromatic carbocycles. The highest BCUT2D eigenvalue weighted by atomic mass is 16.2. The summed E-state index contributed by atoms with van der Waals surface area (Å²) < 4.78 is 0. The Kier molecular flexibility index (Phi) is 17.6. The van der Waals surface area contributed by atoms with E-state index in [0.717, 1.165) is 58.0 Å². The smallest absolute Gasteiger partial charge is 0.234 e. The molecule has 300 valence electrons. The maximum Gasteiger partial charge on any atom is 0.234 e. The van der Waals surface area contributed by atoms with E-state index in [9.17, 15) is 4.79 Å². The van der Waals surface area contributed by atoms with Crippen molar-refractivity contribution >= 4 is 5.91 Å². The number of nitrogens with one attached hydrogen (secondary N) is 1. The lowest BCUT2D eigenvalue weighted by Gasteiger charge is -2.34. The van der Waals surface area contributed by atoms with Crippen molar-refractivity contribution in [3.63, 3.8) is 0 Å². The number of hydrogen-bond acceptors (Lipinski definition) is 4. The quantitative estimate of drug-likeness (QED) is 0.223. The second-order valence-electron chi connectivity index (χ2n) is 21.5. The van der Waals surface area contributed by atoms with Gasteiger partial charge in [0.15, 0.2) is 0 Å². The molecule has 4 rings (SSSR count). The van der Waals surface area contributed by atoms with Gasteiger partial charge in [-0.1, -0.05) is 132 Å². The molecule has 2 aliphatic rings. The standard InChI is InChI=1S/C24H41N3O.C24H41N/c1-23(2,3)11-12-25-22(28)19-27-15-13-26(14-16-27)18-21-9-7-20(8-10-21)17-24(4,5)6;1-23(2,3)14-7-15-25-16-12-21(13-17-25)18-20-8-10-22(11-9-20)19-24(4,5)6/h7-10H,11-19H2,1-6H3,(H,25,28);8-11,21H,7,12-19H2,1-6H3.